The molecule has 1 saturated carbocycles. The third-order valence-corrected chi connectivity index (χ3v) is 4.38. The first-order chi connectivity index (χ1) is 7.53. The van der Waals surface area contributed by atoms with Gasteiger partial charge >= 0.3 is 0 Å². The largest absolute Gasteiger partial charge is 0.313 e. The van der Waals surface area contributed by atoms with Gasteiger partial charge in [-0.15, -0.1) is 0 Å². The van der Waals surface area contributed by atoms with Crippen molar-refractivity contribution in [2.45, 2.75) is 51.5 Å². The van der Waals surface area contributed by atoms with Gasteiger partial charge in [0, 0.05) is 12.3 Å². The van der Waals surface area contributed by atoms with Gasteiger partial charge in [-0.05, 0) is 25.3 Å². The molecule has 1 fully saturated rings. The van der Waals surface area contributed by atoms with Crippen LogP contribution >= 0.6 is 0 Å². The van der Waals surface area contributed by atoms with Crippen molar-refractivity contribution in [3.05, 3.63) is 0 Å². The summed E-state index contributed by atoms with van der Waals surface area (Å²) >= 11 is 0. The molecule has 96 valence electrons. The Balaban J connectivity index is 2.59. The van der Waals surface area contributed by atoms with Crippen LogP contribution in [-0.4, -0.2) is 33.0 Å². The Morgan fingerprint density at radius 1 is 1.19 bits per heavy atom. The van der Waals surface area contributed by atoms with E-state index in [4.69, 9.17) is 0 Å². The maximum Gasteiger partial charge on any atom is 0.148 e. The first-order valence-electron chi connectivity index (χ1n) is 6.44. The Bertz CT molecular complexity index is 279. The van der Waals surface area contributed by atoms with Gasteiger partial charge in [-0.2, -0.15) is 0 Å². The standard InChI is InChI=1S/C12H25NO2S/c1-3-13-12(10-16(2,14)15)11-8-6-4-5-7-9-11/h11-13H,3-10H2,1-2H3. The van der Waals surface area contributed by atoms with E-state index in [1.165, 1.54) is 44.8 Å². The van der Waals surface area contributed by atoms with Gasteiger partial charge in [0.1, 0.15) is 9.84 Å². The van der Waals surface area contributed by atoms with Crippen molar-refractivity contribution < 1.29 is 8.42 Å². The fraction of sp³-hybridized carbons (Fsp3) is 1.00. The number of rotatable bonds is 5. The average Bonchev–Trinajstić information content (AvgIpc) is 2.43. The topological polar surface area (TPSA) is 46.2 Å². The molecule has 1 aliphatic rings. The fourth-order valence-electron chi connectivity index (χ4n) is 2.66. The highest BCUT2D eigenvalue weighted by Crippen LogP contribution is 2.26. The third-order valence-electron chi connectivity index (χ3n) is 3.42. The SMILES string of the molecule is CCNC(CS(C)(=O)=O)C1CCCCCC1. The first kappa shape index (κ1) is 14.0. The molecule has 16 heavy (non-hydrogen) atoms. The second-order valence-electron chi connectivity index (χ2n) is 5.01. The zero-order chi connectivity index (χ0) is 12.0. The van der Waals surface area contributed by atoms with Gasteiger partial charge in [0.05, 0.1) is 5.75 Å². The molecule has 0 aromatic rings. The van der Waals surface area contributed by atoms with Gasteiger partial charge in [0.15, 0.2) is 0 Å². The third kappa shape index (κ3) is 5.30. The summed E-state index contributed by atoms with van der Waals surface area (Å²) in [5, 5.41) is 3.36. The van der Waals surface area contributed by atoms with E-state index in [-0.39, 0.29) is 6.04 Å². The molecule has 1 N–H and O–H groups in total. The number of hydrogen-bond donors (Lipinski definition) is 1. The molecule has 4 heteroatoms. The van der Waals surface area contributed by atoms with Crippen LogP contribution in [0.3, 0.4) is 0 Å². The summed E-state index contributed by atoms with van der Waals surface area (Å²) in [6.07, 6.45) is 8.86. The van der Waals surface area contributed by atoms with E-state index >= 15 is 0 Å². The van der Waals surface area contributed by atoms with Crippen LogP contribution in [0.2, 0.25) is 0 Å². The van der Waals surface area contributed by atoms with Crippen molar-refractivity contribution in [1.82, 2.24) is 5.32 Å². The Morgan fingerprint density at radius 2 is 1.75 bits per heavy atom. The average molecular weight is 247 g/mol. The summed E-state index contributed by atoms with van der Waals surface area (Å²) in [5.74, 6) is 0.850. The highest BCUT2D eigenvalue weighted by atomic mass is 32.2. The molecule has 3 nitrogen and oxygen atoms in total. The van der Waals surface area contributed by atoms with Crippen LogP contribution in [0.15, 0.2) is 0 Å². The van der Waals surface area contributed by atoms with Gasteiger partial charge in [0.2, 0.25) is 0 Å². The van der Waals surface area contributed by atoms with Crippen molar-refractivity contribution in [3.8, 4) is 0 Å². The first-order valence-corrected chi connectivity index (χ1v) is 8.50. The van der Waals surface area contributed by atoms with Crippen molar-refractivity contribution in [1.29, 1.82) is 0 Å². The second-order valence-corrected chi connectivity index (χ2v) is 7.19. The van der Waals surface area contributed by atoms with Crippen LogP contribution in [0.25, 0.3) is 0 Å². The van der Waals surface area contributed by atoms with Gasteiger partial charge < -0.3 is 5.32 Å². The lowest BCUT2D eigenvalue weighted by molar-refractivity contribution is 0.344. The Labute approximate surface area is 99.9 Å². The Hall–Kier alpha value is -0.0900. The number of hydrogen-bond acceptors (Lipinski definition) is 3. The van der Waals surface area contributed by atoms with Crippen molar-refractivity contribution in [2.24, 2.45) is 5.92 Å². The van der Waals surface area contributed by atoms with E-state index < -0.39 is 9.84 Å². The fourth-order valence-corrected chi connectivity index (χ4v) is 3.71. The molecule has 1 unspecified atom stereocenters. The molecule has 1 rings (SSSR count). The van der Waals surface area contributed by atoms with Crippen molar-refractivity contribution >= 4 is 9.84 Å². The second kappa shape index (κ2) is 6.60. The monoisotopic (exact) mass is 247 g/mol. The minimum atomic E-state index is -2.87. The van der Waals surface area contributed by atoms with E-state index in [2.05, 4.69) is 5.32 Å². The molecule has 0 amide bonds. The van der Waals surface area contributed by atoms with Crippen molar-refractivity contribution in [3.63, 3.8) is 0 Å². The lowest BCUT2D eigenvalue weighted by atomic mass is 9.93. The molecule has 0 saturated heterocycles. The smallest absolute Gasteiger partial charge is 0.148 e. The lowest BCUT2D eigenvalue weighted by Crippen LogP contribution is -2.41. The summed E-state index contributed by atoms with van der Waals surface area (Å²) in [7, 11) is -2.87. The zero-order valence-corrected chi connectivity index (χ0v) is 11.4. The van der Waals surface area contributed by atoms with Gasteiger partial charge in [-0.25, -0.2) is 8.42 Å². The molecule has 0 aromatic heterocycles. The van der Waals surface area contributed by atoms with E-state index in [9.17, 15) is 8.42 Å². The summed E-state index contributed by atoms with van der Waals surface area (Å²) < 4.78 is 22.8. The van der Waals surface area contributed by atoms with E-state index in [0.29, 0.717) is 11.7 Å². The summed E-state index contributed by atoms with van der Waals surface area (Å²) in [4.78, 5) is 0. The normalized spacial score (nSPS) is 21.6. The summed E-state index contributed by atoms with van der Waals surface area (Å²) in [6, 6.07) is 0.165. The summed E-state index contributed by atoms with van der Waals surface area (Å²) in [5.41, 5.74) is 0. The molecule has 0 heterocycles. The number of nitrogens with one attached hydrogen (secondary N) is 1. The van der Waals surface area contributed by atoms with Gasteiger partial charge in [0.25, 0.3) is 0 Å². The van der Waals surface area contributed by atoms with Gasteiger partial charge in [-0.1, -0.05) is 32.6 Å². The molecule has 0 aromatic carbocycles. The molecule has 0 spiro atoms. The zero-order valence-electron chi connectivity index (χ0n) is 10.5. The maximum atomic E-state index is 11.4. The molecular weight excluding hydrogens is 222 g/mol. The minimum absolute atomic E-state index is 0.165. The molecule has 0 radical (unpaired) electrons. The van der Waals surface area contributed by atoms with E-state index in [1.807, 2.05) is 6.92 Å². The van der Waals surface area contributed by atoms with Crippen LogP contribution in [-0.2, 0) is 9.84 Å². The van der Waals surface area contributed by atoms with Crippen LogP contribution in [0, 0.1) is 5.92 Å². The predicted octanol–water partition coefficient (Wildman–Crippen LogP) is 1.98. The number of sulfone groups is 1. The molecular formula is C12H25NO2S. The quantitative estimate of drug-likeness (QED) is 0.756. The van der Waals surface area contributed by atoms with Crippen LogP contribution in [0.4, 0.5) is 0 Å². The van der Waals surface area contributed by atoms with E-state index in [0.717, 1.165) is 6.54 Å². The minimum Gasteiger partial charge on any atom is -0.313 e. The van der Waals surface area contributed by atoms with Crippen LogP contribution < -0.4 is 5.32 Å². The van der Waals surface area contributed by atoms with Crippen LogP contribution in [0.1, 0.15) is 45.4 Å². The predicted molar refractivity (Wildman–Crippen MR) is 68.4 cm³/mol. The van der Waals surface area contributed by atoms with Crippen LogP contribution in [0.5, 0.6) is 0 Å². The molecule has 1 atom stereocenters. The summed E-state index contributed by atoms with van der Waals surface area (Å²) in [6.45, 7) is 2.91. The Kier molecular flexibility index (Phi) is 5.76. The molecule has 1 aliphatic carbocycles. The van der Waals surface area contributed by atoms with Crippen molar-refractivity contribution in [2.75, 3.05) is 18.6 Å². The van der Waals surface area contributed by atoms with E-state index in [1.54, 1.807) is 0 Å². The lowest BCUT2D eigenvalue weighted by Gasteiger charge is -2.26. The molecule has 0 aliphatic heterocycles. The van der Waals surface area contributed by atoms with Gasteiger partial charge in [-0.3, -0.25) is 0 Å². The highest BCUT2D eigenvalue weighted by Gasteiger charge is 2.24. The maximum absolute atomic E-state index is 11.4. The Morgan fingerprint density at radius 3 is 2.19 bits per heavy atom. The molecule has 0 bridgehead atoms. The highest BCUT2D eigenvalue weighted by molar-refractivity contribution is 7.90.